The first kappa shape index (κ1) is 31.6. The van der Waals surface area contributed by atoms with Crippen LogP contribution in [0.1, 0.15) is 30.7 Å². The first-order valence-electron chi connectivity index (χ1n) is 12.6. The van der Waals surface area contributed by atoms with E-state index in [1.54, 1.807) is 6.92 Å². The van der Waals surface area contributed by atoms with Crippen LogP contribution in [0, 0.1) is 6.92 Å². The number of carbonyl (C=O) groups excluding carboxylic acids is 2. The third kappa shape index (κ3) is 15.4. The molecule has 0 fully saturated rings. The van der Waals surface area contributed by atoms with Crippen LogP contribution in [0.25, 0.3) is 11.4 Å². The molecule has 3 N–H and O–H groups in total. The minimum absolute atomic E-state index is 0.0432. The van der Waals surface area contributed by atoms with E-state index in [2.05, 4.69) is 31.0 Å². The number of nitrogens with one attached hydrogen (secondary N) is 2. The molecule has 214 valence electrons. The molecule has 1 heterocycles. The Labute approximate surface area is 226 Å². The number of carboxylic acid groups (broad SMARTS) is 1. The second kappa shape index (κ2) is 19.5. The molecular weight excluding hydrogens is 512 g/mol. The van der Waals surface area contributed by atoms with Crippen LogP contribution in [-0.4, -0.2) is 103 Å². The van der Waals surface area contributed by atoms with Gasteiger partial charge < -0.3 is 34.7 Å². The minimum Gasteiger partial charge on any atom is -0.481 e. The van der Waals surface area contributed by atoms with Crippen LogP contribution in [0.3, 0.4) is 0 Å². The molecular formula is C25H36N6O8. The lowest BCUT2D eigenvalue weighted by Crippen LogP contribution is -2.27. The number of carbonyl (C=O) groups is 3. The van der Waals surface area contributed by atoms with Crippen molar-refractivity contribution in [3.8, 4) is 11.4 Å². The van der Waals surface area contributed by atoms with E-state index in [-0.39, 0.29) is 31.1 Å². The predicted octanol–water partition coefficient (Wildman–Crippen LogP) is 0.296. The Morgan fingerprint density at radius 2 is 1.23 bits per heavy atom. The van der Waals surface area contributed by atoms with Crippen LogP contribution in [-0.2, 0) is 39.9 Å². The Hall–Kier alpha value is -3.59. The highest BCUT2D eigenvalue weighted by Crippen LogP contribution is 2.13. The van der Waals surface area contributed by atoms with Crippen molar-refractivity contribution in [1.82, 2.24) is 31.0 Å². The van der Waals surface area contributed by atoms with E-state index in [0.29, 0.717) is 77.6 Å². The summed E-state index contributed by atoms with van der Waals surface area (Å²) in [7, 11) is 0. The summed E-state index contributed by atoms with van der Waals surface area (Å²) < 4.78 is 21.5. The third-order valence-electron chi connectivity index (χ3n) is 5.00. The lowest BCUT2D eigenvalue weighted by molar-refractivity contribution is -0.138. The number of carboxylic acids is 1. The molecule has 0 spiro atoms. The number of ether oxygens (including phenoxy) is 4. The molecule has 0 unspecified atom stereocenters. The van der Waals surface area contributed by atoms with E-state index in [9.17, 15) is 14.4 Å². The number of nitrogens with zero attached hydrogens (tertiary/aromatic N) is 4. The fourth-order valence-corrected chi connectivity index (χ4v) is 2.95. The summed E-state index contributed by atoms with van der Waals surface area (Å²) in [5.74, 6) is -0.464. The summed E-state index contributed by atoms with van der Waals surface area (Å²) in [5, 5.41) is 29.7. The molecule has 0 aliphatic rings. The maximum absolute atomic E-state index is 12.0. The summed E-state index contributed by atoms with van der Waals surface area (Å²) in [6.07, 6.45) is 0.0206. The zero-order valence-corrected chi connectivity index (χ0v) is 22.1. The number of benzene rings is 1. The number of amides is 2. The van der Waals surface area contributed by atoms with Crippen molar-refractivity contribution in [3.05, 3.63) is 35.7 Å². The first-order chi connectivity index (χ1) is 18.9. The highest BCUT2D eigenvalue weighted by atomic mass is 16.6. The Morgan fingerprint density at radius 3 is 1.82 bits per heavy atom. The van der Waals surface area contributed by atoms with Gasteiger partial charge in [0.05, 0.1) is 59.3 Å². The quantitative estimate of drug-likeness (QED) is 0.182. The molecule has 1 aromatic heterocycles. The SMILES string of the molecule is Cc1nnc(-c2ccc(CNC(=O)CCOCCOCCOCCOCCNC(=O)CCC(=O)O)cc2)nn1. The molecule has 2 amide bonds. The van der Waals surface area contributed by atoms with E-state index >= 15 is 0 Å². The van der Waals surface area contributed by atoms with Crippen molar-refractivity contribution < 1.29 is 38.4 Å². The average molecular weight is 549 g/mol. The molecule has 1 aromatic carbocycles. The van der Waals surface area contributed by atoms with Crippen LogP contribution in [0.2, 0.25) is 0 Å². The van der Waals surface area contributed by atoms with Gasteiger partial charge in [-0.15, -0.1) is 20.4 Å². The molecule has 2 aromatic rings. The summed E-state index contributed by atoms with van der Waals surface area (Å²) >= 11 is 0. The Balaban J connectivity index is 1.35. The van der Waals surface area contributed by atoms with Crippen LogP contribution in [0.4, 0.5) is 0 Å². The molecule has 14 heteroatoms. The molecule has 0 saturated carbocycles. The molecule has 0 bridgehead atoms. The molecule has 0 radical (unpaired) electrons. The molecule has 0 saturated heterocycles. The number of aliphatic carboxylic acids is 1. The largest absolute Gasteiger partial charge is 0.481 e. The fourth-order valence-electron chi connectivity index (χ4n) is 2.95. The van der Waals surface area contributed by atoms with Crippen LogP contribution < -0.4 is 10.6 Å². The first-order valence-corrected chi connectivity index (χ1v) is 12.6. The number of rotatable bonds is 21. The van der Waals surface area contributed by atoms with Gasteiger partial charge in [0.1, 0.15) is 0 Å². The normalized spacial score (nSPS) is 10.8. The zero-order chi connectivity index (χ0) is 28.1. The van der Waals surface area contributed by atoms with Crippen molar-refractivity contribution in [3.63, 3.8) is 0 Å². The van der Waals surface area contributed by atoms with E-state index in [4.69, 9.17) is 24.1 Å². The molecule has 0 aliphatic heterocycles. The van der Waals surface area contributed by atoms with E-state index in [1.165, 1.54) is 0 Å². The topological polar surface area (TPSA) is 184 Å². The number of hydrogen-bond donors (Lipinski definition) is 3. The van der Waals surface area contributed by atoms with Gasteiger partial charge in [-0.05, 0) is 12.5 Å². The van der Waals surface area contributed by atoms with Gasteiger partial charge in [0.15, 0.2) is 5.82 Å². The van der Waals surface area contributed by atoms with Gasteiger partial charge in [-0.3, -0.25) is 14.4 Å². The maximum Gasteiger partial charge on any atom is 0.303 e. The van der Waals surface area contributed by atoms with Crippen molar-refractivity contribution in [2.24, 2.45) is 0 Å². The second-order valence-electron chi connectivity index (χ2n) is 8.19. The number of hydrogen-bond acceptors (Lipinski definition) is 11. The van der Waals surface area contributed by atoms with Gasteiger partial charge in [0, 0.05) is 31.5 Å². The zero-order valence-electron chi connectivity index (χ0n) is 22.1. The van der Waals surface area contributed by atoms with Gasteiger partial charge in [-0.25, -0.2) is 0 Å². The Kier molecular flexibility index (Phi) is 15.8. The van der Waals surface area contributed by atoms with Gasteiger partial charge in [0.2, 0.25) is 17.6 Å². The summed E-state index contributed by atoms with van der Waals surface area (Å²) in [6.45, 7) is 5.42. The lowest BCUT2D eigenvalue weighted by atomic mass is 10.1. The fraction of sp³-hybridized carbons (Fsp3) is 0.560. The minimum atomic E-state index is -1.00. The lowest BCUT2D eigenvalue weighted by Gasteiger charge is -2.08. The molecule has 14 nitrogen and oxygen atoms in total. The Bertz CT molecular complexity index is 991. The van der Waals surface area contributed by atoms with Crippen molar-refractivity contribution >= 4 is 17.8 Å². The van der Waals surface area contributed by atoms with Gasteiger partial charge >= 0.3 is 5.97 Å². The van der Waals surface area contributed by atoms with Crippen LogP contribution in [0.15, 0.2) is 24.3 Å². The summed E-state index contributed by atoms with van der Waals surface area (Å²) in [5.41, 5.74) is 1.75. The molecule has 0 atom stereocenters. The van der Waals surface area contributed by atoms with Gasteiger partial charge in [-0.2, -0.15) is 0 Å². The highest BCUT2D eigenvalue weighted by molar-refractivity contribution is 5.80. The smallest absolute Gasteiger partial charge is 0.303 e. The average Bonchev–Trinajstić information content (AvgIpc) is 2.93. The van der Waals surface area contributed by atoms with Gasteiger partial charge in [0.25, 0.3) is 0 Å². The molecule has 0 aliphatic carbocycles. The van der Waals surface area contributed by atoms with Gasteiger partial charge in [-0.1, -0.05) is 24.3 Å². The van der Waals surface area contributed by atoms with E-state index in [0.717, 1.165) is 11.1 Å². The van der Waals surface area contributed by atoms with Crippen molar-refractivity contribution in [1.29, 1.82) is 0 Å². The summed E-state index contributed by atoms with van der Waals surface area (Å²) in [4.78, 5) is 33.7. The maximum atomic E-state index is 12.0. The van der Waals surface area contributed by atoms with E-state index in [1.807, 2.05) is 24.3 Å². The van der Waals surface area contributed by atoms with Crippen LogP contribution in [0.5, 0.6) is 0 Å². The number of aromatic nitrogens is 4. The Morgan fingerprint density at radius 1 is 0.692 bits per heavy atom. The predicted molar refractivity (Wildman–Crippen MR) is 137 cm³/mol. The monoisotopic (exact) mass is 548 g/mol. The molecule has 2 rings (SSSR count). The van der Waals surface area contributed by atoms with Crippen LogP contribution >= 0.6 is 0 Å². The third-order valence-corrected chi connectivity index (χ3v) is 5.00. The highest BCUT2D eigenvalue weighted by Gasteiger charge is 2.06. The standard InChI is InChI=1S/C25H36N6O8/c1-19-28-30-25(31-29-19)21-4-2-20(3-5-21)18-27-23(33)8-10-36-12-14-38-16-17-39-15-13-37-11-9-26-22(32)6-7-24(34)35/h2-5H,6-18H2,1H3,(H,26,32)(H,27,33)(H,34,35). The summed E-state index contributed by atoms with van der Waals surface area (Å²) in [6, 6.07) is 7.49. The van der Waals surface area contributed by atoms with Crippen molar-refractivity contribution in [2.75, 3.05) is 59.4 Å². The molecule has 39 heavy (non-hydrogen) atoms. The van der Waals surface area contributed by atoms with Crippen molar-refractivity contribution in [2.45, 2.75) is 32.7 Å². The van der Waals surface area contributed by atoms with E-state index < -0.39 is 5.97 Å². The number of aryl methyl sites for hydroxylation is 1. The second-order valence-corrected chi connectivity index (χ2v) is 8.19.